The highest BCUT2D eigenvalue weighted by atomic mass is 79.9. The van der Waals surface area contributed by atoms with E-state index < -0.39 is 0 Å². The van der Waals surface area contributed by atoms with Crippen molar-refractivity contribution in [3.63, 3.8) is 0 Å². The van der Waals surface area contributed by atoms with Crippen LogP contribution in [0.1, 0.15) is 23.7 Å². The number of rotatable bonds is 4. The predicted molar refractivity (Wildman–Crippen MR) is 79.7 cm³/mol. The minimum absolute atomic E-state index is 0.150. The highest BCUT2D eigenvalue weighted by molar-refractivity contribution is 9.09. The number of methoxy groups -OCH3 is 2. The van der Waals surface area contributed by atoms with E-state index in [4.69, 9.17) is 25.8 Å². The maximum Gasteiger partial charge on any atom is 0.162 e. The Balaban J connectivity index is 2.33. The van der Waals surface area contributed by atoms with Crippen molar-refractivity contribution in [2.24, 2.45) is 5.92 Å². The summed E-state index contributed by atoms with van der Waals surface area (Å²) in [5.74, 6) is 1.75. The standard InChI is InChI=1S/C14H18BrClO3/c1-8-9(4-5-19-8)14(15)10-6-12(17-2)13(18-3)7-11(10)16/h6-9,14H,4-5H2,1-3H3. The summed E-state index contributed by atoms with van der Waals surface area (Å²) in [6.07, 6.45) is 1.26. The topological polar surface area (TPSA) is 27.7 Å². The predicted octanol–water partition coefficient (Wildman–Crippen LogP) is 4.22. The van der Waals surface area contributed by atoms with Gasteiger partial charge in [0.25, 0.3) is 0 Å². The molecule has 1 heterocycles. The molecule has 1 aliphatic heterocycles. The van der Waals surface area contributed by atoms with Crippen LogP contribution >= 0.6 is 27.5 Å². The number of alkyl halides is 1. The summed E-state index contributed by atoms with van der Waals surface area (Å²) >= 11 is 10.1. The Morgan fingerprint density at radius 1 is 1.32 bits per heavy atom. The fraction of sp³-hybridized carbons (Fsp3) is 0.571. The molecule has 3 nitrogen and oxygen atoms in total. The molecule has 0 aromatic heterocycles. The molecule has 0 aliphatic carbocycles. The van der Waals surface area contributed by atoms with Gasteiger partial charge in [0.05, 0.1) is 20.3 Å². The quantitative estimate of drug-likeness (QED) is 0.762. The average molecular weight is 350 g/mol. The molecule has 5 heteroatoms. The van der Waals surface area contributed by atoms with Gasteiger partial charge in [0, 0.05) is 28.4 Å². The van der Waals surface area contributed by atoms with E-state index in [1.807, 2.05) is 6.07 Å². The van der Waals surface area contributed by atoms with Crippen molar-refractivity contribution in [3.05, 3.63) is 22.7 Å². The summed E-state index contributed by atoms with van der Waals surface area (Å²) in [6, 6.07) is 3.73. The molecule has 106 valence electrons. The first-order chi connectivity index (χ1) is 9.08. The van der Waals surface area contributed by atoms with Gasteiger partial charge in [0.1, 0.15) is 0 Å². The zero-order valence-electron chi connectivity index (χ0n) is 11.3. The molecule has 1 fully saturated rings. The number of benzene rings is 1. The second-order valence-corrected chi connectivity index (χ2v) is 6.05. The Bertz CT molecular complexity index is 453. The minimum atomic E-state index is 0.150. The monoisotopic (exact) mass is 348 g/mol. The van der Waals surface area contributed by atoms with Gasteiger partial charge in [-0.15, -0.1) is 0 Å². The van der Waals surface area contributed by atoms with Crippen LogP contribution in [0.15, 0.2) is 12.1 Å². The molecule has 1 saturated heterocycles. The normalized spacial score (nSPS) is 24.3. The SMILES string of the molecule is COc1cc(Cl)c(C(Br)C2CCOC2C)cc1OC. The molecule has 0 saturated carbocycles. The van der Waals surface area contributed by atoms with Crippen LogP contribution in [0.5, 0.6) is 11.5 Å². The van der Waals surface area contributed by atoms with E-state index in [-0.39, 0.29) is 10.9 Å². The van der Waals surface area contributed by atoms with Crippen molar-refractivity contribution in [2.75, 3.05) is 20.8 Å². The van der Waals surface area contributed by atoms with Crippen LogP contribution in [0.4, 0.5) is 0 Å². The first-order valence-electron chi connectivity index (χ1n) is 6.25. The van der Waals surface area contributed by atoms with Gasteiger partial charge in [-0.25, -0.2) is 0 Å². The van der Waals surface area contributed by atoms with Crippen LogP contribution in [-0.2, 0) is 4.74 Å². The van der Waals surface area contributed by atoms with Crippen molar-refractivity contribution < 1.29 is 14.2 Å². The Morgan fingerprint density at radius 3 is 2.47 bits per heavy atom. The first-order valence-corrected chi connectivity index (χ1v) is 7.55. The van der Waals surface area contributed by atoms with Gasteiger partial charge < -0.3 is 14.2 Å². The van der Waals surface area contributed by atoms with Crippen LogP contribution in [0.3, 0.4) is 0 Å². The molecular formula is C14H18BrClO3. The molecule has 0 radical (unpaired) electrons. The lowest BCUT2D eigenvalue weighted by Crippen LogP contribution is -2.16. The van der Waals surface area contributed by atoms with Crippen molar-refractivity contribution in [2.45, 2.75) is 24.3 Å². The van der Waals surface area contributed by atoms with Gasteiger partial charge >= 0.3 is 0 Å². The highest BCUT2D eigenvalue weighted by Crippen LogP contribution is 2.45. The molecule has 3 unspecified atom stereocenters. The van der Waals surface area contributed by atoms with Gasteiger partial charge in [-0.3, -0.25) is 0 Å². The van der Waals surface area contributed by atoms with Crippen LogP contribution in [0, 0.1) is 5.92 Å². The highest BCUT2D eigenvalue weighted by Gasteiger charge is 2.32. The van der Waals surface area contributed by atoms with E-state index in [1.165, 1.54) is 0 Å². The number of ether oxygens (including phenoxy) is 3. The smallest absolute Gasteiger partial charge is 0.162 e. The lowest BCUT2D eigenvalue weighted by molar-refractivity contribution is 0.105. The zero-order valence-corrected chi connectivity index (χ0v) is 13.6. The summed E-state index contributed by atoms with van der Waals surface area (Å²) in [5.41, 5.74) is 1.02. The molecule has 1 aromatic carbocycles. The van der Waals surface area contributed by atoms with E-state index in [1.54, 1.807) is 20.3 Å². The Kier molecular flexibility index (Phi) is 4.98. The van der Waals surface area contributed by atoms with E-state index in [9.17, 15) is 0 Å². The third-order valence-electron chi connectivity index (χ3n) is 3.61. The van der Waals surface area contributed by atoms with Crippen LogP contribution in [0.25, 0.3) is 0 Å². The molecule has 0 bridgehead atoms. The maximum absolute atomic E-state index is 6.35. The lowest BCUT2D eigenvalue weighted by atomic mass is 9.93. The second kappa shape index (κ2) is 6.33. The summed E-state index contributed by atoms with van der Waals surface area (Å²) in [6.45, 7) is 2.90. The maximum atomic E-state index is 6.35. The molecule has 0 amide bonds. The number of hydrogen-bond acceptors (Lipinski definition) is 3. The molecule has 0 N–H and O–H groups in total. The lowest BCUT2D eigenvalue weighted by Gasteiger charge is -2.23. The molecule has 1 aliphatic rings. The first kappa shape index (κ1) is 14.9. The molecule has 0 spiro atoms. The zero-order chi connectivity index (χ0) is 14.0. The van der Waals surface area contributed by atoms with Crippen LogP contribution in [-0.4, -0.2) is 26.9 Å². The van der Waals surface area contributed by atoms with Gasteiger partial charge in [0.2, 0.25) is 0 Å². The van der Waals surface area contributed by atoms with Crippen LogP contribution in [0.2, 0.25) is 5.02 Å². The largest absolute Gasteiger partial charge is 0.493 e. The minimum Gasteiger partial charge on any atom is -0.493 e. The Labute approximate surface area is 127 Å². The number of hydrogen-bond donors (Lipinski definition) is 0. The van der Waals surface area contributed by atoms with Crippen molar-refractivity contribution in [3.8, 4) is 11.5 Å². The van der Waals surface area contributed by atoms with Crippen molar-refractivity contribution in [1.82, 2.24) is 0 Å². The Hall–Kier alpha value is -0.450. The summed E-state index contributed by atoms with van der Waals surface area (Å²) < 4.78 is 16.2. The molecule has 1 aromatic rings. The summed E-state index contributed by atoms with van der Waals surface area (Å²) in [5, 5.41) is 0.679. The fourth-order valence-corrected chi connectivity index (χ4v) is 3.92. The molecule has 3 atom stereocenters. The van der Waals surface area contributed by atoms with E-state index in [0.29, 0.717) is 22.4 Å². The third-order valence-corrected chi connectivity index (χ3v) is 5.11. The third kappa shape index (κ3) is 3.01. The molecule has 19 heavy (non-hydrogen) atoms. The van der Waals surface area contributed by atoms with Gasteiger partial charge in [0.15, 0.2) is 11.5 Å². The van der Waals surface area contributed by atoms with Crippen molar-refractivity contribution in [1.29, 1.82) is 0 Å². The van der Waals surface area contributed by atoms with Gasteiger partial charge in [-0.1, -0.05) is 27.5 Å². The van der Waals surface area contributed by atoms with Gasteiger partial charge in [-0.2, -0.15) is 0 Å². The number of halogens is 2. The van der Waals surface area contributed by atoms with E-state index in [0.717, 1.165) is 18.6 Å². The van der Waals surface area contributed by atoms with Gasteiger partial charge in [-0.05, 0) is 25.0 Å². The van der Waals surface area contributed by atoms with E-state index in [2.05, 4.69) is 22.9 Å². The Morgan fingerprint density at radius 2 is 1.95 bits per heavy atom. The molecule has 2 rings (SSSR count). The summed E-state index contributed by atoms with van der Waals surface area (Å²) in [7, 11) is 3.23. The van der Waals surface area contributed by atoms with Crippen LogP contribution < -0.4 is 9.47 Å². The van der Waals surface area contributed by atoms with Crippen molar-refractivity contribution >= 4 is 27.5 Å². The second-order valence-electron chi connectivity index (χ2n) is 4.66. The molecular weight excluding hydrogens is 332 g/mol. The average Bonchev–Trinajstić information content (AvgIpc) is 2.83. The fourth-order valence-electron chi connectivity index (χ4n) is 2.44. The van der Waals surface area contributed by atoms with E-state index >= 15 is 0 Å². The summed E-state index contributed by atoms with van der Waals surface area (Å²) in [4.78, 5) is 0.150.